The van der Waals surface area contributed by atoms with E-state index >= 15 is 0 Å². The predicted molar refractivity (Wildman–Crippen MR) is 116 cm³/mol. The molecule has 0 spiro atoms. The molecule has 8 nitrogen and oxygen atoms in total. The Morgan fingerprint density at radius 3 is 2.97 bits per heavy atom. The van der Waals surface area contributed by atoms with Crippen LogP contribution in [-0.2, 0) is 24.1 Å². The smallest absolute Gasteiger partial charge is 0.305 e. The van der Waals surface area contributed by atoms with Gasteiger partial charge >= 0.3 is 5.97 Å². The molecule has 8 heteroatoms. The van der Waals surface area contributed by atoms with Crippen LogP contribution < -0.4 is 10.1 Å². The summed E-state index contributed by atoms with van der Waals surface area (Å²) in [6.45, 7) is 0.987. The molecule has 0 aliphatic carbocycles. The highest BCUT2D eigenvalue weighted by atomic mass is 16.5. The van der Waals surface area contributed by atoms with Gasteiger partial charge < -0.3 is 15.2 Å². The van der Waals surface area contributed by atoms with E-state index in [1.54, 1.807) is 30.3 Å². The van der Waals surface area contributed by atoms with E-state index in [9.17, 15) is 9.90 Å². The fourth-order valence-corrected chi connectivity index (χ4v) is 3.90. The van der Waals surface area contributed by atoms with E-state index in [1.807, 2.05) is 12.3 Å². The first-order valence-electron chi connectivity index (χ1n) is 10.6. The third kappa shape index (κ3) is 5.20. The number of ether oxygens (including phenoxy) is 1. The second-order valence-corrected chi connectivity index (χ2v) is 7.75. The summed E-state index contributed by atoms with van der Waals surface area (Å²) in [7, 11) is 1.56. The molecule has 0 saturated heterocycles. The summed E-state index contributed by atoms with van der Waals surface area (Å²) in [5.74, 6) is 0.723. The van der Waals surface area contributed by atoms with Crippen LogP contribution >= 0.6 is 0 Å². The summed E-state index contributed by atoms with van der Waals surface area (Å²) in [6.07, 6.45) is 9.86. The zero-order valence-electron chi connectivity index (χ0n) is 17.6. The van der Waals surface area contributed by atoms with E-state index in [-0.39, 0.29) is 6.42 Å². The number of aryl methyl sites for hydroxylation is 3. The Balaban J connectivity index is 1.41. The van der Waals surface area contributed by atoms with Gasteiger partial charge in [-0.15, -0.1) is 0 Å². The lowest BCUT2D eigenvalue weighted by Gasteiger charge is -2.17. The van der Waals surface area contributed by atoms with Gasteiger partial charge in [-0.2, -0.15) is 5.10 Å². The minimum absolute atomic E-state index is 0.0813. The number of hydrogen-bond acceptors (Lipinski definition) is 6. The average Bonchev–Trinajstić information content (AvgIpc) is 3.26. The van der Waals surface area contributed by atoms with Gasteiger partial charge in [0.2, 0.25) is 0 Å². The molecule has 3 aromatic heterocycles. The fourth-order valence-electron chi connectivity index (χ4n) is 3.90. The van der Waals surface area contributed by atoms with Gasteiger partial charge in [-0.25, -0.2) is 4.98 Å². The van der Waals surface area contributed by atoms with Crippen LogP contribution in [0.5, 0.6) is 5.75 Å². The monoisotopic (exact) mass is 421 g/mol. The van der Waals surface area contributed by atoms with Crippen LogP contribution in [0.25, 0.3) is 0 Å². The van der Waals surface area contributed by atoms with Crippen molar-refractivity contribution in [3.05, 3.63) is 65.4 Å². The third-order valence-corrected chi connectivity index (χ3v) is 5.52. The first-order valence-corrected chi connectivity index (χ1v) is 10.6. The fraction of sp³-hybridized carbons (Fsp3) is 0.391. The number of nitrogens with zero attached hydrogens (tertiary/aromatic N) is 4. The van der Waals surface area contributed by atoms with Crippen LogP contribution in [0.3, 0.4) is 0 Å². The minimum atomic E-state index is -0.892. The maximum Gasteiger partial charge on any atom is 0.305 e. The highest BCUT2D eigenvalue weighted by Gasteiger charge is 2.20. The number of nitrogens with one attached hydrogen (secondary N) is 1. The molecule has 1 aliphatic heterocycles. The Hall–Kier alpha value is -3.42. The van der Waals surface area contributed by atoms with Crippen LogP contribution in [-0.4, -0.2) is 44.5 Å². The van der Waals surface area contributed by atoms with Crippen LogP contribution in [0.15, 0.2) is 42.9 Å². The normalized spacial score (nSPS) is 13.8. The third-order valence-electron chi connectivity index (χ3n) is 5.52. The number of hydrogen-bond donors (Lipinski definition) is 2. The lowest BCUT2D eigenvalue weighted by Crippen LogP contribution is -2.16. The highest BCUT2D eigenvalue weighted by molar-refractivity contribution is 5.68. The zero-order chi connectivity index (χ0) is 21.6. The van der Waals surface area contributed by atoms with Crippen molar-refractivity contribution in [2.75, 3.05) is 19.0 Å². The summed E-state index contributed by atoms with van der Waals surface area (Å²) in [6, 6.07) is 7.60. The molecule has 0 amide bonds. The van der Waals surface area contributed by atoms with Crippen molar-refractivity contribution >= 4 is 11.8 Å². The second kappa shape index (κ2) is 9.59. The van der Waals surface area contributed by atoms with Gasteiger partial charge in [-0.1, -0.05) is 6.07 Å². The summed E-state index contributed by atoms with van der Waals surface area (Å²) in [5, 5.41) is 17.4. The number of pyridine rings is 2. The molecule has 162 valence electrons. The summed E-state index contributed by atoms with van der Waals surface area (Å²) < 4.78 is 6.94. The van der Waals surface area contributed by atoms with Crippen LogP contribution in [0.1, 0.15) is 47.8 Å². The molecule has 0 bridgehead atoms. The molecule has 0 aromatic carbocycles. The molecule has 1 atom stereocenters. The number of carboxylic acid groups (broad SMARTS) is 1. The van der Waals surface area contributed by atoms with Crippen LogP contribution in [0.4, 0.5) is 5.82 Å². The number of aromatic nitrogens is 4. The molecule has 0 unspecified atom stereocenters. The number of aliphatic carboxylic acids is 1. The van der Waals surface area contributed by atoms with E-state index < -0.39 is 12.0 Å². The van der Waals surface area contributed by atoms with E-state index in [1.165, 1.54) is 5.56 Å². The number of rotatable bonds is 9. The van der Waals surface area contributed by atoms with Gasteiger partial charge in [0, 0.05) is 24.6 Å². The molecule has 31 heavy (non-hydrogen) atoms. The first-order chi connectivity index (χ1) is 15.1. The molecule has 0 saturated carbocycles. The van der Waals surface area contributed by atoms with Gasteiger partial charge in [0.25, 0.3) is 0 Å². The lowest BCUT2D eigenvalue weighted by atomic mass is 10.1. The molecule has 3 aromatic rings. The van der Waals surface area contributed by atoms with Gasteiger partial charge in [-0.05, 0) is 61.4 Å². The predicted octanol–water partition coefficient (Wildman–Crippen LogP) is 3.28. The van der Waals surface area contributed by atoms with E-state index in [2.05, 4.69) is 27.5 Å². The maximum atomic E-state index is 11.4. The molecule has 2 N–H and O–H groups in total. The van der Waals surface area contributed by atoms with E-state index in [0.717, 1.165) is 61.4 Å². The Morgan fingerprint density at radius 1 is 1.26 bits per heavy atom. The summed E-state index contributed by atoms with van der Waals surface area (Å²) in [4.78, 5) is 20.3. The van der Waals surface area contributed by atoms with Crippen molar-refractivity contribution in [2.24, 2.45) is 0 Å². The number of methoxy groups -OCH3 is 1. The average molecular weight is 422 g/mol. The minimum Gasteiger partial charge on any atom is -0.495 e. The largest absolute Gasteiger partial charge is 0.495 e. The summed E-state index contributed by atoms with van der Waals surface area (Å²) >= 11 is 0. The SMILES string of the molecule is COc1cncc([C@@H](CC(=O)O)n2ccc(CCCc3ccc4c(n3)NCCC4)n2)c1. The standard InChI is InChI=1S/C23H27N5O3/c1-31-20-12-17(14-24-15-20)21(13-22(29)30)28-11-9-19(27-28)6-2-5-18-8-7-16-4-3-10-25-23(16)26-18/h7-9,11-12,14-15,21H,2-6,10,13H2,1H3,(H,25,26)(H,29,30)/t21-/m1/s1. The molecular weight excluding hydrogens is 394 g/mol. The molecule has 4 heterocycles. The Kier molecular flexibility index (Phi) is 6.45. The Morgan fingerprint density at radius 2 is 2.13 bits per heavy atom. The summed E-state index contributed by atoms with van der Waals surface area (Å²) in [5.41, 5.74) is 4.06. The Labute approximate surface area is 181 Å². The van der Waals surface area contributed by atoms with Crippen molar-refractivity contribution in [3.8, 4) is 5.75 Å². The second-order valence-electron chi connectivity index (χ2n) is 7.75. The first kappa shape index (κ1) is 20.8. The quantitative estimate of drug-likeness (QED) is 0.547. The number of carboxylic acids is 1. The number of carbonyl (C=O) groups is 1. The van der Waals surface area contributed by atoms with Crippen molar-refractivity contribution in [3.63, 3.8) is 0 Å². The van der Waals surface area contributed by atoms with E-state index in [0.29, 0.717) is 5.75 Å². The zero-order valence-corrected chi connectivity index (χ0v) is 17.6. The highest BCUT2D eigenvalue weighted by Crippen LogP contribution is 2.25. The van der Waals surface area contributed by atoms with Crippen molar-refractivity contribution < 1.29 is 14.6 Å². The molecule has 4 rings (SSSR count). The van der Waals surface area contributed by atoms with Crippen molar-refractivity contribution in [1.82, 2.24) is 19.7 Å². The maximum absolute atomic E-state index is 11.4. The van der Waals surface area contributed by atoms with Crippen molar-refractivity contribution in [2.45, 2.75) is 44.6 Å². The van der Waals surface area contributed by atoms with Crippen LogP contribution in [0, 0.1) is 0 Å². The van der Waals surface area contributed by atoms with Crippen LogP contribution in [0.2, 0.25) is 0 Å². The molecule has 0 fully saturated rings. The van der Waals surface area contributed by atoms with Gasteiger partial charge in [0.15, 0.2) is 0 Å². The lowest BCUT2D eigenvalue weighted by molar-refractivity contribution is -0.137. The number of anilines is 1. The topological polar surface area (TPSA) is 102 Å². The molecule has 1 aliphatic rings. The molecule has 0 radical (unpaired) electrons. The molecular formula is C23H27N5O3. The van der Waals surface area contributed by atoms with Gasteiger partial charge in [0.1, 0.15) is 11.6 Å². The Bertz CT molecular complexity index is 1050. The van der Waals surface area contributed by atoms with E-state index in [4.69, 9.17) is 9.72 Å². The van der Waals surface area contributed by atoms with Gasteiger partial charge in [-0.3, -0.25) is 14.5 Å². The number of fused-ring (bicyclic) bond motifs is 1. The van der Waals surface area contributed by atoms with Gasteiger partial charge in [0.05, 0.1) is 31.5 Å². The van der Waals surface area contributed by atoms with Crippen molar-refractivity contribution in [1.29, 1.82) is 0 Å².